The van der Waals surface area contributed by atoms with E-state index in [1.54, 1.807) is 4.90 Å². The summed E-state index contributed by atoms with van der Waals surface area (Å²) < 4.78 is 28.0. The van der Waals surface area contributed by atoms with Gasteiger partial charge in [0.2, 0.25) is 0 Å². The molecular formula is C16H30N2O4S. The molecule has 0 saturated carbocycles. The normalized spacial score (nSPS) is 24.3. The molecule has 2 saturated heterocycles. The summed E-state index contributed by atoms with van der Waals surface area (Å²) in [5.41, 5.74) is -0.449. The number of hydrogen-bond donors (Lipinski definition) is 0. The summed E-state index contributed by atoms with van der Waals surface area (Å²) in [6, 6.07) is 0. The van der Waals surface area contributed by atoms with Gasteiger partial charge in [-0.1, -0.05) is 0 Å². The maximum Gasteiger partial charge on any atom is 0.410 e. The van der Waals surface area contributed by atoms with Crippen molar-refractivity contribution in [2.45, 2.75) is 39.2 Å². The highest BCUT2D eigenvalue weighted by Crippen LogP contribution is 2.31. The van der Waals surface area contributed by atoms with Gasteiger partial charge in [0, 0.05) is 32.4 Å². The molecule has 134 valence electrons. The van der Waals surface area contributed by atoms with Gasteiger partial charge >= 0.3 is 6.09 Å². The summed E-state index contributed by atoms with van der Waals surface area (Å²) >= 11 is 0. The van der Waals surface area contributed by atoms with E-state index in [1.165, 1.54) is 12.7 Å². The first-order valence-corrected chi connectivity index (χ1v) is 10.5. The van der Waals surface area contributed by atoms with E-state index >= 15 is 0 Å². The number of ether oxygens (including phenoxy) is 1. The first-order valence-electron chi connectivity index (χ1n) is 8.41. The Hall–Kier alpha value is -0.820. The van der Waals surface area contributed by atoms with E-state index in [9.17, 15) is 13.2 Å². The van der Waals surface area contributed by atoms with Crippen molar-refractivity contribution in [3.8, 4) is 0 Å². The number of nitrogens with zero attached hydrogens (tertiary/aromatic N) is 2. The Balaban J connectivity index is 1.75. The standard InChI is InChI=1S/C16H30N2O4S/c1-16(2,3)22-15(19)18-11-14(12-18)13-6-5-7-17(10-13)8-9-23(4,20)21/h13-14H,5-12H2,1-4H3. The molecule has 2 fully saturated rings. The molecule has 7 heteroatoms. The molecule has 2 aliphatic heterocycles. The second kappa shape index (κ2) is 6.97. The van der Waals surface area contributed by atoms with Crippen LogP contribution in [0.4, 0.5) is 4.79 Å². The minimum Gasteiger partial charge on any atom is -0.444 e. The van der Waals surface area contributed by atoms with E-state index in [4.69, 9.17) is 4.74 Å². The summed E-state index contributed by atoms with van der Waals surface area (Å²) in [5, 5.41) is 0. The molecule has 2 aliphatic rings. The average Bonchev–Trinajstić information content (AvgIpc) is 2.32. The van der Waals surface area contributed by atoms with Crippen LogP contribution in [0, 0.1) is 11.8 Å². The van der Waals surface area contributed by atoms with E-state index in [1.807, 2.05) is 20.8 Å². The number of rotatable bonds is 4. The molecule has 0 aromatic carbocycles. The molecule has 0 N–H and O–H groups in total. The lowest BCUT2D eigenvalue weighted by atomic mass is 9.81. The Morgan fingerprint density at radius 3 is 2.39 bits per heavy atom. The van der Waals surface area contributed by atoms with Crippen molar-refractivity contribution >= 4 is 15.9 Å². The van der Waals surface area contributed by atoms with Gasteiger partial charge in [0.15, 0.2) is 0 Å². The molecule has 1 atom stereocenters. The van der Waals surface area contributed by atoms with E-state index in [0.29, 0.717) is 18.4 Å². The Morgan fingerprint density at radius 1 is 1.17 bits per heavy atom. The lowest BCUT2D eigenvalue weighted by molar-refractivity contribution is -0.0192. The van der Waals surface area contributed by atoms with Gasteiger partial charge in [-0.05, 0) is 52.0 Å². The summed E-state index contributed by atoms with van der Waals surface area (Å²) in [5.74, 6) is 1.31. The number of carbonyl (C=O) groups excluding carboxylic acids is 1. The molecule has 23 heavy (non-hydrogen) atoms. The van der Waals surface area contributed by atoms with Gasteiger partial charge in [-0.2, -0.15) is 0 Å². The largest absolute Gasteiger partial charge is 0.444 e. The minimum absolute atomic E-state index is 0.224. The summed E-state index contributed by atoms with van der Waals surface area (Å²) in [4.78, 5) is 16.0. The highest BCUT2D eigenvalue weighted by molar-refractivity contribution is 7.90. The van der Waals surface area contributed by atoms with Crippen LogP contribution in [0.1, 0.15) is 33.6 Å². The third-order valence-corrected chi connectivity index (χ3v) is 5.47. The molecule has 1 amide bonds. The van der Waals surface area contributed by atoms with Gasteiger partial charge < -0.3 is 14.5 Å². The van der Waals surface area contributed by atoms with Gasteiger partial charge in [0.05, 0.1) is 5.75 Å². The highest BCUT2D eigenvalue weighted by Gasteiger charge is 2.39. The fourth-order valence-corrected chi connectivity index (χ4v) is 3.85. The molecular weight excluding hydrogens is 316 g/mol. The smallest absolute Gasteiger partial charge is 0.410 e. The second-order valence-electron chi connectivity index (χ2n) is 7.98. The zero-order valence-corrected chi connectivity index (χ0v) is 15.6. The second-order valence-corrected chi connectivity index (χ2v) is 10.2. The minimum atomic E-state index is -2.90. The van der Waals surface area contributed by atoms with Crippen LogP contribution in [0.3, 0.4) is 0 Å². The molecule has 2 rings (SSSR count). The number of amides is 1. The number of sulfone groups is 1. The highest BCUT2D eigenvalue weighted by atomic mass is 32.2. The molecule has 2 heterocycles. The van der Waals surface area contributed by atoms with Crippen molar-refractivity contribution in [2.24, 2.45) is 11.8 Å². The van der Waals surface area contributed by atoms with Gasteiger partial charge in [-0.15, -0.1) is 0 Å². The van der Waals surface area contributed by atoms with Crippen LogP contribution >= 0.6 is 0 Å². The fraction of sp³-hybridized carbons (Fsp3) is 0.938. The van der Waals surface area contributed by atoms with Crippen molar-refractivity contribution in [1.82, 2.24) is 9.80 Å². The van der Waals surface area contributed by atoms with Crippen LogP contribution < -0.4 is 0 Å². The van der Waals surface area contributed by atoms with Crippen molar-refractivity contribution < 1.29 is 17.9 Å². The van der Waals surface area contributed by atoms with Crippen molar-refractivity contribution in [2.75, 3.05) is 44.7 Å². The summed E-state index contributed by atoms with van der Waals surface area (Å²) in [7, 11) is -2.90. The third-order valence-electron chi connectivity index (χ3n) is 4.55. The van der Waals surface area contributed by atoms with Crippen LogP contribution in [0.15, 0.2) is 0 Å². The maximum absolute atomic E-state index is 12.0. The zero-order valence-electron chi connectivity index (χ0n) is 14.7. The van der Waals surface area contributed by atoms with Gasteiger partial charge in [-0.25, -0.2) is 13.2 Å². The quantitative estimate of drug-likeness (QED) is 0.774. The number of hydrogen-bond acceptors (Lipinski definition) is 5. The molecule has 0 aromatic heterocycles. The summed E-state index contributed by atoms with van der Waals surface area (Å²) in [6.45, 7) is 9.71. The molecule has 0 radical (unpaired) electrons. The Bertz CT molecular complexity index is 521. The van der Waals surface area contributed by atoms with Crippen LogP contribution in [-0.4, -0.2) is 74.6 Å². The van der Waals surface area contributed by atoms with Gasteiger partial charge in [0.25, 0.3) is 0 Å². The summed E-state index contributed by atoms with van der Waals surface area (Å²) in [6.07, 6.45) is 3.34. The average molecular weight is 346 g/mol. The van der Waals surface area contributed by atoms with E-state index in [0.717, 1.165) is 32.6 Å². The molecule has 1 unspecified atom stereocenters. The monoisotopic (exact) mass is 346 g/mol. The third kappa shape index (κ3) is 5.95. The molecule has 0 spiro atoms. The Labute approximate surface area is 140 Å². The van der Waals surface area contributed by atoms with Crippen LogP contribution in [-0.2, 0) is 14.6 Å². The molecule has 0 bridgehead atoms. The van der Waals surface area contributed by atoms with Crippen molar-refractivity contribution in [3.63, 3.8) is 0 Å². The first kappa shape index (κ1) is 18.5. The SMILES string of the molecule is CC(C)(C)OC(=O)N1CC(C2CCCN(CCS(C)(=O)=O)C2)C1. The number of carbonyl (C=O) groups is 1. The van der Waals surface area contributed by atoms with Crippen molar-refractivity contribution in [3.05, 3.63) is 0 Å². The fourth-order valence-electron chi connectivity index (χ4n) is 3.26. The Kier molecular flexibility index (Phi) is 5.61. The van der Waals surface area contributed by atoms with Crippen molar-refractivity contribution in [1.29, 1.82) is 0 Å². The number of likely N-dealkylation sites (tertiary alicyclic amines) is 2. The van der Waals surface area contributed by atoms with Crippen LogP contribution in [0.2, 0.25) is 0 Å². The topological polar surface area (TPSA) is 66.9 Å². The van der Waals surface area contributed by atoms with Crippen LogP contribution in [0.5, 0.6) is 0 Å². The first-order chi connectivity index (χ1) is 10.5. The Morgan fingerprint density at radius 2 is 1.83 bits per heavy atom. The lowest BCUT2D eigenvalue weighted by Crippen LogP contribution is -2.56. The zero-order chi connectivity index (χ0) is 17.3. The molecule has 6 nitrogen and oxygen atoms in total. The predicted octanol–water partition coefficient (Wildman–Crippen LogP) is 1.61. The van der Waals surface area contributed by atoms with Gasteiger partial charge in [-0.3, -0.25) is 0 Å². The lowest BCUT2D eigenvalue weighted by Gasteiger charge is -2.46. The predicted molar refractivity (Wildman–Crippen MR) is 90.2 cm³/mol. The van der Waals surface area contributed by atoms with E-state index in [-0.39, 0.29) is 11.8 Å². The van der Waals surface area contributed by atoms with Crippen LogP contribution in [0.25, 0.3) is 0 Å². The van der Waals surface area contributed by atoms with Gasteiger partial charge in [0.1, 0.15) is 15.4 Å². The van der Waals surface area contributed by atoms with E-state index in [2.05, 4.69) is 4.90 Å². The number of piperidine rings is 1. The molecule has 0 aliphatic carbocycles. The maximum atomic E-state index is 12.0. The molecule has 0 aromatic rings. The van der Waals surface area contributed by atoms with E-state index < -0.39 is 15.4 Å².